The molecule has 7 heteroatoms. The Labute approximate surface area is 117 Å². The molecule has 0 bridgehead atoms. The summed E-state index contributed by atoms with van der Waals surface area (Å²) in [6, 6.07) is 0. The molecule has 1 amide bonds. The van der Waals surface area contributed by atoms with Crippen molar-refractivity contribution >= 4 is 23.8 Å². The molecule has 0 saturated heterocycles. The van der Waals surface area contributed by atoms with Crippen molar-refractivity contribution in [3.8, 4) is 0 Å². The Balaban J connectivity index is 2.50. The molecule has 1 N–H and O–H groups in total. The molecule has 0 fully saturated rings. The van der Waals surface area contributed by atoms with E-state index in [1.165, 1.54) is 16.7 Å². The van der Waals surface area contributed by atoms with Crippen LogP contribution < -0.4 is 5.32 Å². The fraction of sp³-hybridized carbons (Fsp3) is 0.667. The first-order valence-corrected chi connectivity index (χ1v) is 7.10. The van der Waals surface area contributed by atoms with Crippen LogP contribution in [0.5, 0.6) is 0 Å². The van der Waals surface area contributed by atoms with Gasteiger partial charge < -0.3 is 14.8 Å². The number of hydrogen-bond acceptors (Lipinski definition) is 6. The normalized spacial score (nSPS) is 14.9. The summed E-state index contributed by atoms with van der Waals surface area (Å²) in [7, 11) is 0. The third-order valence-electron chi connectivity index (χ3n) is 2.02. The minimum absolute atomic E-state index is 0.0273. The Bertz CT molecular complexity index is 376. The SMILES string of the molecule is CCOC(=O)CNC1=CSCN1C(=O)OC(C)(C)C. The van der Waals surface area contributed by atoms with Crippen LogP contribution in [0.3, 0.4) is 0 Å². The Morgan fingerprint density at radius 3 is 2.74 bits per heavy atom. The predicted octanol–water partition coefficient (Wildman–Crippen LogP) is 1.88. The standard InChI is InChI=1S/C12H20N2O4S/c1-5-17-10(15)6-13-9-7-19-8-14(9)11(16)18-12(2,3)4/h7,13H,5-6,8H2,1-4H3. The van der Waals surface area contributed by atoms with Crippen molar-refractivity contribution < 1.29 is 19.1 Å². The molecule has 0 saturated carbocycles. The van der Waals surface area contributed by atoms with E-state index >= 15 is 0 Å². The zero-order valence-electron chi connectivity index (χ0n) is 11.7. The number of hydrogen-bond donors (Lipinski definition) is 1. The van der Waals surface area contributed by atoms with Gasteiger partial charge in [-0.05, 0) is 27.7 Å². The summed E-state index contributed by atoms with van der Waals surface area (Å²) in [5, 5.41) is 4.65. The van der Waals surface area contributed by atoms with Crippen LogP contribution in [0.4, 0.5) is 4.79 Å². The average molecular weight is 288 g/mol. The Kier molecular flexibility index (Phi) is 5.53. The highest BCUT2D eigenvalue weighted by atomic mass is 32.2. The molecular formula is C12H20N2O4S. The number of esters is 1. The van der Waals surface area contributed by atoms with Crippen molar-refractivity contribution in [3.05, 3.63) is 11.2 Å². The van der Waals surface area contributed by atoms with Crippen LogP contribution in [-0.4, -0.2) is 41.6 Å². The first-order chi connectivity index (χ1) is 8.83. The van der Waals surface area contributed by atoms with Crippen LogP contribution in [0, 0.1) is 0 Å². The van der Waals surface area contributed by atoms with Crippen molar-refractivity contribution in [3.63, 3.8) is 0 Å². The monoisotopic (exact) mass is 288 g/mol. The van der Waals surface area contributed by atoms with Gasteiger partial charge in [0.25, 0.3) is 0 Å². The van der Waals surface area contributed by atoms with Crippen LogP contribution in [0.25, 0.3) is 0 Å². The molecule has 1 heterocycles. The molecule has 0 spiro atoms. The number of nitrogens with zero attached hydrogens (tertiary/aromatic N) is 1. The van der Waals surface area contributed by atoms with E-state index in [0.29, 0.717) is 18.3 Å². The smallest absolute Gasteiger partial charge is 0.416 e. The fourth-order valence-corrected chi connectivity index (χ4v) is 2.14. The second-order valence-corrected chi connectivity index (χ2v) is 5.69. The van der Waals surface area contributed by atoms with Gasteiger partial charge in [0.15, 0.2) is 0 Å². The number of amides is 1. The lowest BCUT2D eigenvalue weighted by Crippen LogP contribution is -2.39. The van der Waals surface area contributed by atoms with Gasteiger partial charge >= 0.3 is 12.1 Å². The second-order valence-electron chi connectivity index (χ2n) is 4.87. The van der Waals surface area contributed by atoms with E-state index in [9.17, 15) is 9.59 Å². The van der Waals surface area contributed by atoms with E-state index in [4.69, 9.17) is 9.47 Å². The molecular weight excluding hydrogens is 268 g/mol. The highest BCUT2D eigenvalue weighted by molar-refractivity contribution is 8.02. The van der Waals surface area contributed by atoms with Crippen molar-refractivity contribution in [2.24, 2.45) is 0 Å². The van der Waals surface area contributed by atoms with Gasteiger partial charge in [-0.25, -0.2) is 4.79 Å². The number of ether oxygens (including phenoxy) is 2. The number of thioether (sulfide) groups is 1. The first-order valence-electron chi connectivity index (χ1n) is 6.05. The van der Waals surface area contributed by atoms with Gasteiger partial charge in [0.1, 0.15) is 18.0 Å². The maximum atomic E-state index is 11.9. The van der Waals surface area contributed by atoms with E-state index < -0.39 is 11.7 Å². The Morgan fingerprint density at radius 2 is 2.16 bits per heavy atom. The second kappa shape index (κ2) is 6.70. The van der Waals surface area contributed by atoms with Crippen molar-refractivity contribution in [1.29, 1.82) is 0 Å². The van der Waals surface area contributed by atoms with Gasteiger partial charge in [0, 0.05) is 5.41 Å². The number of carbonyl (C=O) groups is 2. The molecule has 108 valence electrons. The summed E-state index contributed by atoms with van der Waals surface area (Å²) in [5.74, 6) is 0.678. The van der Waals surface area contributed by atoms with Crippen LogP contribution in [0.2, 0.25) is 0 Å². The largest absolute Gasteiger partial charge is 0.465 e. The van der Waals surface area contributed by atoms with Crippen LogP contribution >= 0.6 is 11.8 Å². The summed E-state index contributed by atoms with van der Waals surface area (Å²) in [5.41, 5.74) is -0.545. The molecule has 1 aliphatic rings. The van der Waals surface area contributed by atoms with E-state index in [1.807, 2.05) is 20.8 Å². The number of rotatable bonds is 4. The number of nitrogens with one attached hydrogen (secondary N) is 1. The molecule has 1 rings (SSSR count). The van der Waals surface area contributed by atoms with Gasteiger partial charge in [-0.15, -0.1) is 11.8 Å². The highest BCUT2D eigenvalue weighted by Crippen LogP contribution is 2.23. The first kappa shape index (κ1) is 15.7. The maximum absolute atomic E-state index is 11.9. The van der Waals surface area contributed by atoms with Crippen molar-refractivity contribution in [1.82, 2.24) is 10.2 Å². The number of carbonyl (C=O) groups excluding carboxylic acids is 2. The summed E-state index contributed by atoms with van der Waals surface area (Å²) < 4.78 is 10.1. The predicted molar refractivity (Wildman–Crippen MR) is 73.2 cm³/mol. The fourth-order valence-electron chi connectivity index (χ4n) is 1.30. The summed E-state index contributed by atoms with van der Waals surface area (Å²) in [6.45, 7) is 7.54. The molecule has 19 heavy (non-hydrogen) atoms. The van der Waals surface area contributed by atoms with Gasteiger partial charge in [-0.3, -0.25) is 9.69 Å². The van der Waals surface area contributed by atoms with Crippen LogP contribution in [0.1, 0.15) is 27.7 Å². The zero-order chi connectivity index (χ0) is 14.5. The third kappa shape index (κ3) is 5.42. The van der Waals surface area contributed by atoms with E-state index in [1.54, 1.807) is 12.3 Å². The lowest BCUT2D eigenvalue weighted by Gasteiger charge is -2.25. The molecule has 6 nitrogen and oxygen atoms in total. The van der Waals surface area contributed by atoms with E-state index in [2.05, 4.69) is 5.32 Å². The van der Waals surface area contributed by atoms with Gasteiger partial charge in [0.2, 0.25) is 0 Å². The minimum atomic E-state index is -0.545. The molecule has 1 aliphatic heterocycles. The van der Waals surface area contributed by atoms with Crippen molar-refractivity contribution in [2.45, 2.75) is 33.3 Å². The summed E-state index contributed by atoms with van der Waals surface area (Å²) in [6.07, 6.45) is -0.430. The molecule has 0 aliphatic carbocycles. The Morgan fingerprint density at radius 1 is 1.47 bits per heavy atom. The molecule has 0 aromatic heterocycles. The van der Waals surface area contributed by atoms with Crippen LogP contribution in [-0.2, 0) is 14.3 Å². The topological polar surface area (TPSA) is 67.9 Å². The lowest BCUT2D eigenvalue weighted by molar-refractivity contribution is -0.141. The van der Waals surface area contributed by atoms with Gasteiger partial charge in [-0.2, -0.15) is 0 Å². The summed E-state index contributed by atoms with van der Waals surface area (Å²) in [4.78, 5) is 24.6. The minimum Gasteiger partial charge on any atom is -0.465 e. The van der Waals surface area contributed by atoms with E-state index in [0.717, 1.165) is 0 Å². The lowest BCUT2D eigenvalue weighted by atomic mass is 10.2. The zero-order valence-corrected chi connectivity index (χ0v) is 12.5. The summed E-state index contributed by atoms with van der Waals surface area (Å²) >= 11 is 1.46. The van der Waals surface area contributed by atoms with Crippen LogP contribution in [0.15, 0.2) is 11.2 Å². The van der Waals surface area contributed by atoms with Gasteiger partial charge in [-0.1, -0.05) is 0 Å². The highest BCUT2D eigenvalue weighted by Gasteiger charge is 2.27. The Hall–Kier alpha value is -1.37. The quantitative estimate of drug-likeness (QED) is 0.797. The molecule has 0 aromatic carbocycles. The molecule has 0 aromatic rings. The van der Waals surface area contributed by atoms with Crippen molar-refractivity contribution in [2.75, 3.05) is 19.0 Å². The molecule has 0 atom stereocenters. The average Bonchev–Trinajstić information content (AvgIpc) is 2.72. The molecule has 0 unspecified atom stereocenters. The third-order valence-corrected chi connectivity index (χ3v) is 2.82. The molecule has 0 radical (unpaired) electrons. The van der Waals surface area contributed by atoms with E-state index in [-0.39, 0.29) is 12.5 Å². The maximum Gasteiger partial charge on any atom is 0.416 e. The van der Waals surface area contributed by atoms with Gasteiger partial charge in [0.05, 0.1) is 12.5 Å².